The molecule has 0 amide bonds. The molecule has 0 spiro atoms. The standard InChI is InChI=1S/C8H14O2Si/c1-5-6-8(9)10-7-11(2,3)4/h6H,1,7H2,2-4H3. The third-order valence-corrected chi connectivity index (χ3v) is 1.88. The molecule has 0 saturated carbocycles. The minimum absolute atomic E-state index is 0.345. The lowest BCUT2D eigenvalue weighted by Crippen LogP contribution is -2.29. The maximum atomic E-state index is 10.7. The molecule has 0 unspecified atom stereocenters. The fourth-order valence-corrected chi connectivity index (χ4v) is 0.988. The summed E-state index contributed by atoms with van der Waals surface area (Å²) in [5.74, 6) is -0.345. The maximum absolute atomic E-state index is 10.7. The van der Waals surface area contributed by atoms with E-state index in [1.54, 1.807) is 0 Å². The van der Waals surface area contributed by atoms with Crippen LogP contribution in [0.5, 0.6) is 0 Å². The van der Waals surface area contributed by atoms with Gasteiger partial charge in [0, 0.05) is 0 Å². The van der Waals surface area contributed by atoms with Crippen LogP contribution in [0.1, 0.15) is 0 Å². The normalized spacial score (nSPS) is 10.1. The van der Waals surface area contributed by atoms with Crippen LogP contribution in [-0.4, -0.2) is 20.3 Å². The lowest BCUT2D eigenvalue weighted by atomic mass is 10.6. The van der Waals surface area contributed by atoms with Gasteiger partial charge in [-0.2, -0.15) is 0 Å². The first-order valence-electron chi connectivity index (χ1n) is 3.48. The second-order valence-corrected chi connectivity index (χ2v) is 8.93. The molecule has 0 aliphatic heterocycles. The van der Waals surface area contributed by atoms with Gasteiger partial charge in [0.15, 0.2) is 0 Å². The number of hydrogen-bond donors (Lipinski definition) is 0. The lowest BCUT2D eigenvalue weighted by Gasteiger charge is -2.13. The number of carbonyl (C=O) groups excluding carboxylic acids is 1. The molecule has 11 heavy (non-hydrogen) atoms. The van der Waals surface area contributed by atoms with Crippen LogP contribution in [0.2, 0.25) is 19.6 Å². The van der Waals surface area contributed by atoms with Crippen LogP contribution in [0.4, 0.5) is 0 Å². The highest BCUT2D eigenvalue weighted by Crippen LogP contribution is 2.00. The van der Waals surface area contributed by atoms with E-state index in [9.17, 15) is 4.79 Å². The molecule has 0 radical (unpaired) electrons. The summed E-state index contributed by atoms with van der Waals surface area (Å²) in [5, 5.41) is 0. The van der Waals surface area contributed by atoms with Crippen molar-refractivity contribution in [2.75, 3.05) is 6.23 Å². The average molecular weight is 170 g/mol. The van der Waals surface area contributed by atoms with Crippen molar-refractivity contribution in [3.8, 4) is 0 Å². The number of carbonyl (C=O) groups is 1. The van der Waals surface area contributed by atoms with Crippen molar-refractivity contribution in [2.24, 2.45) is 0 Å². The van der Waals surface area contributed by atoms with E-state index in [1.807, 2.05) is 0 Å². The van der Waals surface area contributed by atoms with E-state index in [-0.39, 0.29) is 5.97 Å². The van der Waals surface area contributed by atoms with E-state index in [0.29, 0.717) is 6.23 Å². The zero-order valence-corrected chi connectivity index (χ0v) is 8.31. The molecule has 0 aliphatic carbocycles. The Kier molecular flexibility index (Phi) is 3.86. The Balaban J connectivity index is 3.72. The molecule has 3 heteroatoms. The monoisotopic (exact) mass is 170 g/mol. The van der Waals surface area contributed by atoms with E-state index >= 15 is 0 Å². The third kappa shape index (κ3) is 7.10. The number of ether oxygens (including phenoxy) is 1. The average Bonchev–Trinajstić information content (AvgIpc) is 1.83. The first-order valence-corrected chi connectivity index (χ1v) is 7.19. The molecule has 0 saturated heterocycles. The van der Waals surface area contributed by atoms with Crippen molar-refractivity contribution >= 4 is 14.0 Å². The van der Waals surface area contributed by atoms with Crippen LogP contribution >= 0.6 is 0 Å². The quantitative estimate of drug-likeness (QED) is 0.279. The van der Waals surface area contributed by atoms with Gasteiger partial charge in [0.2, 0.25) is 0 Å². The zero-order chi connectivity index (χ0) is 8.91. The molecule has 62 valence electrons. The van der Waals surface area contributed by atoms with Crippen LogP contribution < -0.4 is 0 Å². The predicted octanol–water partition coefficient (Wildman–Crippen LogP) is 1.75. The van der Waals surface area contributed by atoms with Crippen LogP contribution in [-0.2, 0) is 9.53 Å². The summed E-state index contributed by atoms with van der Waals surface area (Å²) in [4.78, 5) is 10.7. The molecule has 0 fully saturated rings. The smallest absolute Gasteiger partial charge is 0.338 e. The minimum atomic E-state index is -1.26. The van der Waals surface area contributed by atoms with Gasteiger partial charge in [0.1, 0.15) is 0 Å². The van der Waals surface area contributed by atoms with E-state index in [1.165, 1.54) is 6.08 Å². The third-order valence-electron chi connectivity index (χ3n) is 0.867. The number of hydrogen-bond acceptors (Lipinski definition) is 2. The highest BCUT2D eigenvalue weighted by molar-refractivity contribution is 6.76. The van der Waals surface area contributed by atoms with Crippen LogP contribution in [0.25, 0.3) is 0 Å². The predicted molar refractivity (Wildman–Crippen MR) is 48.0 cm³/mol. The van der Waals surface area contributed by atoms with Gasteiger partial charge in [-0.1, -0.05) is 26.2 Å². The van der Waals surface area contributed by atoms with Gasteiger partial charge < -0.3 is 4.74 Å². The SMILES string of the molecule is C=C=CC(=O)OC[Si](C)(C)C. The van der Waals surface area contributed by atoms with Gasteiger partial charge >= 0.3 is 5.97 Å². The molecule has 0 heterocycles. The number of esters is 1. The molecular formula is C8H14O2Si. The molecule has 2 nitrogen and oxygen atoms in total. The van der Waals surface area contributed by atoms with Gasteiger partial charge in [-0.3, -0.25) is 0 Å². The van der Waals surface area contributed by atoms with Gasteiger partial charge in [-0.15, -0.1) is 5.73 Å². The Hall–Kier alpha value is -0.793. The van der Waals surface area contributed by atoms with Crippen LogP contribution in [0.15, 0.2) is 18.4 Å². The highest BCUT2D eigenvalue weighted by Gasteiger charge is 2.14. The number of rotatable bonds is 3. The molecule has 0 aliphatic rings. The maximum Gasteiger partial charge on any atom is 0.338 e. The zero-order valence-electron chi connectivity index (χ0n) is 7.31. The van der Waals surface area contributed by atoms with Gasteiger partial charge in [-0.25, -0.2) is 4.79 Å². The summed E-state index contributed by atoms with van der Waals surface area (Å²) in [6.07, 6.45) is 1.77. The Bertz CT molecular complexity index is 185. The summed E-state index contributed by atoms with van der Waals surface area (Å²) in [7, 11) is -1.26. The summed E-state index contributed by atoms with van der Waals surface area (Å²) < 4.78 is 4.91. The lowest BCUT2D eigenvalue weighted by molar-refractivity contribution is -0.136. The molecule has 0 N–H and O–H groups in total. The van der Waals surface area contributed by atoms with Crippen molar-refractivity contribution in [3.05, 3.63) is 18.4 Å². The van der Waals surface area contributed by atoms with Crippen LogP contribution in [0.3, 0.4) is 0 Å². The fourth-order valence-electron chi connectivity index (χ4n) is 0.413. The second-order valence-electron chi connectivity index (χ2n) is 3.52. The summed E-state index contributed by atoms with van der Waals surface area (Å²) >= 11 is 0. The van der Waals surface area contributed by atoms with Crippen molar-refractivity contribution in [3.63, 3.8) is 0 Å². The Morgan fingerprint density at radius 2 is 2.18 bits per heavy atom. The van der Waals surface area contributed by atoms with Gasteiger partial charge in [0.25, 0.3) is 0 Å². The molecule has 0 aromatic heterocycles. The topological polar surface area (TPSA) is 26.3 Å². The second kappa shape index (κ2) is 4.16. The Morgan fingerprint density at radius 1 is 1.64 bits per heavy atom. The summed E-state index contributed by atoms with van der Waals surface area (Å²) in [6.45, 7) is 9.69. The van der Waals surface area contributed by atoms with Crippen molar-refractivity contribution in [1.82, 2.24) is 0 Å². The minimum Gasteiger partial charge on any atom is -0.466 e. The summed E-state index contributed by atoms with van der Waals surface area (Å²) in [5.41, 5.74) is 2.37. The largest absolute Gasteiger partial charge is 0.466 e. The molecule has 0 atom stereocenters. The highest BCUT2D eigenvalue weighted by atomic mass is 28.3. The van der Waals surface area contributed by atoms with E-state index in [2.05, 4.69) is 32.0 Å². The Morgan fingerprint density at radius 3 is 2.55 bits per heavy atom. The van der Waals surface area contributed by atoms with E-state index < -0.39 is 8.07 Å². The van der Waals surface area contributed by atoms with Crippen molar-refractivity contribution < 1.29 is 9.53 Å². The Labute approximate surface area is 68.6 Å². The van der Waals surface area contributed by atoms with Crippen molar-refractivity contribution in [1.29, 1.82) is 0 Å². The molecular weight excluding hydrogens is 156 g/mol. The molecule has 0 rings (SSSR count). The van der Waals surface area contributed by atoms with E-state index in [4.69, 9.17) is 4.74 Å². The van der Waals surface area contributed by atoms with Crippen molar-refractivity contribution in [2.45, 2.75) is 19.6 Å². The van der Waals surface area contributed by atoms with Gasteiger partial charge in [-0.05, 0) is 0 Å². The van der Waals surface area contributed by atoms with Crippen LogP contribution in [0, 0.1) is 0 Å². The van der Waals surface area contributed by atoms with E-state index in [0.717, 1.165) is 0 Å². The summed E-state index contributed by atoms with van der Waals surface area (Å²) in [6, 6.07) is 0. The molecule has 0 aromatic rings. The first-order chi connectivity index (χ1) is 4.95. The molecule has 0 aromatic carbocycles. The first kappa shape index (κ1) is 10.2. The molecule has 0 bridgehead atoms. The fraction of sp³-hybridized carbons (Fsp3) is 0.500. The van der Waals surface area contributed by atoms with Gasteiger partial charge in [0.05, 0.1) is 20.4 Å².